The highest BCUT2D eigenvalue weighted by molar-refractivity contribution is 7.99. The monoisotopic (exact) mass is 232 g/mol. The zero-order valence-electron chi connectivity index (χ0n) is 7.37. The Morgan fingerprint density at radius 3 is 2.46 bits per heavy atom. The first-order chi connectivity index (χ1) is 6.33. The summed E-state index contributed by atoms with van der Waals surface area (Å²) < 4.78 is 0. The molecule has 0 bridgehead atoms. The molecule has 1 aromatic carbocycles. The maximum atomic E-state index is 5.78. The molecule has 0 saturated carbocycles. The molecule has 0 unspecified atom stereocenters. The fraction of sp³-hybridized carbons (Fsp3) is 0.400. The van der Waals surface area contributed by atoms with E-state index in [2.05, 4.69) is 24.8 Å². The molecule has 0 aromatic heterocycles. The van der Waals surface area contributed by atoms with Gasteiger partial charge in [0.1, 0.15) is 0 Å². The normalized spacial score (nSPS) is 10.3. The second-order valence-electron chi connectivity index (χ2n) is 2.73. The van der Waals surface area contributed by atoms with Crippen molar-refractivity contribution >= 4 is 36.0 Å². The minimum Gasteiger partial charge on any atom is -0.179 e. The van der Waals surface area contributed by atoms with Crippen LogP contribution in [0.5, 0.6) is 0 Å². The number of thiol groups is 1. The standard InChI is InChI=1S/C10H13ClS2/c11-9-3-5-10(6-4-9)13-8-2-1-7-12/h3-6,12H,1-2,7-8H2. The van der Waals surface area contributed by atoms with Crippen molar-refractivity contribution in [1.82, 2.24) is 0 Å². The first kappa shape index (κ1) is 11.3. The van der Waals surface area contributed by atoms with Crippen molar-refractivity contribution in [1.29, 1.82) is 0 Å². The Kier molecular flexibility index (Phi) is 5.76. The number of hydrogen-bond acceptors (Lipinski definition) is 2. The van der Waals surface area contributed by atoms with Gasteiger partial charge in [-0.2, -0.15) is 12.6 Å². The molecule has 0 nitrogen and oxygen atoms in total. The van der Waals surface area contributed by atoms with Gasteiger partial charge >= 0.3 is 0 Å². The lowest BCUT2D eigenvalue weighted by molar-refractivity contribution is 0.910. The van der Waals surface area contributed by atoms with Gasteiger partial charge in [-0.1, -0.05) is 11.6 Å². The third-order valence-corrected chi connectivity index (χ3v) is 3.30. The summed E-state index contributed by atoms with van der Waals surface area (Å²) in [7, 11) is 0. The summed E-state index contributed by atoms with van der Waals surface area (Å²) in [5, 5.41) is 0.805. The molecule has 0 spiro atoms. The van der Waals surface area contributed by atoms with Gasteiger partial charge in [-0.15, -0.1) is 11.8 Å². The van der Waals surface area contributed by atoms with Gasteiger partial charge in [0, 0.05) is 9.92 Å². The lowest BCUT2D eigenvalue weighted by atomic mass is 10.4. The molecule has 13 heavy (non-hydrogen) atoms. The first-order valence-electron chi connectivity index (χ1n) is 4.32. The lowest BCUT2D eigenvalue weighted by Gasteiger charge is -2.00. The second-order valence-corrected chi connectivity index (χ2v) is 4.79. The van der Waals surface area contributed by atoms with Crippen molar-refractivity contribution in [3.05, 3.63) is 29.3 Å². The fourth-order valence-corrected chi connectivity index (χ4v) is 2.20. The van der Waals surface area contributed by atoms with E-state index in [1.165, 1.54) is 23.5 Å². The van der Waals surface area contributed by atoms with Gasteiger partial charge in [0.2, 0.25) is 0 Å². The molecule has 1 aromatic rings. The quantitative estimate of drug-likeness (QED) is 0.452. The summed E-state index contributed by atoms with van der Waals surface area (Å²) in [6.07, 6.45) is 2.43. The molecule has 0 amide bonds. The Balaban J connectivity index is 2.25. The van der Waals surface area contributed by atoms with Crippen molar-refractivity contribution in [2.45, 2.75) is 17.7 Å². The average Bonchev–Trinajstić information content (AvgIpc) is 2.15. The molecule has 72 valence electrons. The van der Waals surface area contributed by atoms with E-state index in [1.54, 1.807) is 0 Å². The number of benzene rings is 1. The molecule has 0 aliphatic rings. The third kappa shape index (κ3) is 4.84. The topological polar surface area (TPSA) is 0 Å². The van der Waals surface area contributed by atoms with Crippen LogP contribution in [0.15, 0.2) is 29.2 Å². The predicted molar refractivity (Wildman–Crippen MR) is 65.3 cm³/mol. The maximum Gasteiger partial charge on any atom is 0.0406 e. The van der Waals surface area contributed by atoms with Crippen LogP contribution in [0.1, 0.15) is 12.8 Å². The van der Waals surface area contributed by atoms with Crippen molar-refractivity contribution in [2.75, 3.05) is 11.5 Å². The summed E-state index contributed by atoms with van der Waals surface area (Å²) in [6, 6.07) is 7.99. The van der Waals surface area contributed by atoms with Crippen LogP contribution in [0.3, 0.4) is 0 Å². The van der Waals surface area contributed by atoms with Crippen LogP contribution in [0.25, 0.3) is 0 Å². The van der Waals surface area contributed by atoms with Gasteiger partial charge < -0.3 is 0 Å². The Hall–Kier alpha value is 0.210. The Labute approximate surface area is 94.5 Å². The summed E-state index contributed by atoms with van der Waals surface area (Å²) in [4.78, 5) is 1.29. The molecule has 0 N–H and O–H groups in total. The van der Waals surface area contributed by atoms with Crippen molar-refractivity contribution in [3.63, 3.8) is 0 Å². The number of thioether (sulfide) groups is 1. The van der Waals surface area contributed by atoms with E-state index in [1.807, 2.05) is 23.9 Å². The maximum absolute atomic E-state index is 5.78. The lowest BCUT2D eigenvalue weighted by Crippen LogP contribution is -1.81. The Morgan fingerprint density at radius 1 is 1.15 bits per heavy atom. The van der Waals surface area contributed by atoms with Crippen LogP contribution >= 0.6 is 36.0 Å². The molecule has 0 radical (unpaired) electrons. The van der Waals surface area contributed by atoms with Crippen LogP contribution in [0, 0.1) is 0 Å². The SMILES string of the molecule is SCCCCSc1ccc(Cl)cc1. The molecule has 0 aliphatic heterocycles. The molecule has 0 atom stereocenters. The van der Waals surface area contributed by atoms with E-state index in [4.69, 9.17) is 11.6 Å². The van der Waals surface area contributed by atoms with Crippen LogP contribution in [0.4, 0.5) is 0 Å². The minimum atomic E-state index is 0.805. The van der Waals surface area contributed by atoms with Crippen molar-refractivity contribution < 1.29 is 0 Å². The van der Waals surface area contributed by atoms with E-state index in [0.29, 0.717) is 0 Å². The fourth-order valence-electron chi connectivity index (χ4n) is 0.935. The third-order valence-electron chi connectivity index (χ3n) is 1.63. The smallest absolute Gasteiger partial charge is 0.0406 e. The molecule has 0 saturated heterocycles. The van der Waals surface area contributed by atoms with Crippen molar-refractivity contribution in [2.24, 2.45) is 0 Å². The van der Waals surface area contributed by atoms with Crippen molar-refractivity contribution in [3.8, 4) is 0 Å². The summed E-state index contributed by atoms with van der Waals surface area (Å²) in [5.74, 6) is 2.16. The van der Waals surface area contributed by atoms with Gasteiger partial charge in [-0.05, 0) is 48.6 Å². The Bertz CT molecular complexity index is 233. The predicted octanol–water partition coefficient (Wildman–Crippen LogP) is 4.14. The minimum absolute atomic E-state index is 0.805. The first-order valence-corrected chi connectivity index (χ1v) is 6.32. The number of rotatable bonds is 5. The van der Waals surface area contributed by atoms with E-state index in [9.17, 15) is 0 Å². The van der Waals surface area contributed by atoms with Gasteiger partial charge in [0.25, 0.3) is 0 Å². The molecule has 0 fully saturated rings. The number of hydrogen-bond donors (Lipinski definition) is 1. The highest BCUT2D eigenvalue weighted by atomic mass is 35.5. The largest absolute Gasteiger partial charge is 0.179 e. The zero-order valence-corrected chi connectivity index (χ0v) is 9.84. The van der Waals surface area contributed by atoms with Gasteiger partial charge in [0.05, 0.1) is 0 Å². The van der Waals surface area contributed by atoms with E-state index < -0.39 is 0 Å². The van der Waals surface area contributed by atoms with Gasteiger partial charge in [-0.25, -0.2) is 0 Å². The molecular formula is C10H13ClS2. The van der Waals surface area contributed by atoms with Crippen LogP contribution in [-0.4, -0.2) is 11.5 Å². The molecule has 1 rings (SSSR count). The molecule has 0 aliphatic carbocycles. The Morgan fingerprint density at radius 2 is 1.85 bits per heavy atom. The zero-order chi connectivity index (χ0) is 9.52. The summed E-state index contributed by atoms with van der Waals surface area (Å²) >= 11 is 11.8. The van der Waals surface area contributed by atoms with Gasteiger partial charge in [0.15, 0.2) is 0 Å². The van der Waals surface area contributed by atoms with Gasteiger partial charge in [-0.3, -0.25) is 0 Å². The molecule has 0 heterocycles. The molecule has 3 heteroatoms. The van der Waals surface area contributed by atoms with Crippen LogP contribution in [-0.2, 0) is 0 Å². The highest BCUT2D eigenvalue weighted by Crippen LogP contribution is 2.21. The second kappa shape index (κ2) is 6.63. The number of unbranched alkanes of at least 4 members (excludes halogenated alkanes) is 1. The molecular weight excluding hydrogens is 220 g/mol. The number of halogens is 1. The summed E-state index contributed by atoms with van der Waals surface area (Å²) in [6.45, 7) is 0. The van der Waals surface area contributed by atoms with E-state index >= 15 is 0 Å². The van der Waals surface area contributed by atoms with Crippen LogP contribution < -0.4 is 0 Å². The van der Waals surface area contributed by atoms with E-state index in [0.717, 1.165) is 10.8 Å². The average molecular weight is 233 g/mol. The van der Waals surface area contributed by atoms with Crippen LogP contribution in [0.2, 0.25) is 5.02 Å². The highest BCUT2D eigenvalue weighted by Gasteiger charge is 1.93. The summed E-state index contributed by atoms with van der Waals surface area (Å²) in [5.41, 5.74) is 0. The van der Waals surface area contributed by atoms with E-state index in [-0.39, 0.29) is 0 Å².